The molecular formula is C16H24F2N2O. The Balaban J connectivity index is 1.99. The van der Waals surface area contributed by atoms with Crippen molar-refractivity contribution in [1.82, 2.24) is 4.90 Å². The van der Waals surface area contributed by atoms with Crippen LogP contribution in [0.4, 0.5) is 8.78 Å². The highest BCUT2D eigenvalue weighted by atomic mass is 19.3. The monoisotopic (exact) mass is 298 g/mol. The lowest BCUT2D eigenvalue weighted by Crippen LogP contribution is -2.40. The number of likely N-dealkylation sites (tertiary alicyclic amines) is 1. The van der Waals surface area contributed by atoms with Gasteiger partial charge >= 0.3 is 0 Å². The predicted molar refractivity (Wildman–Crippen MR) is 79.4 cm³/mol. The zero-order valence-electron chi connectivity index (χ0n) is 12.5. The van der Waals surface area contributed by atoms with E-state index >= 15 is 0 Å². The van der Waals surface area contributed by atoms with Crippen molar-refractivity contribution >= 4 is 0 Å². The molecule has 5 heteroatoms. The van der Waals surface area contributed by atoms with Gasteiger partial charge in [-0.1, -0.05) is 24.3 Å². The number of methoxy groups -OCH3 is 1. The van der Waals surface area contributed by atoms with Gasteiger partial charge in [-0.2, -0.15) is 0 Å². The number of benzene rings is 1. The van der Waals surface area contributed by atoms with Gasteiger partial charge in [-0.3, -0.25) is 4.90 Å². The predicted octanol–water partition coefficient (Wildman–Crippen LogP) is 2.98. The minimum absolute atomic E-state index is 0.0633. The number of hydrogen-bond acceptors (Lipinski definition) is 3. The Labute approximate surface area is 125 Å². The molecule has 0 aromatic heterocycles. The summed E-state index contributed by atoms with van der Waals surface area (Å²) in [6.07, 6.45) is -0.223. The largest absolute Gasteiger partial charge is 0.384 e. The molecule has 1 aliphatic rings. The molecule has 21 heavy (non-hydrogen) atoms. The highest BCUT2D eigenvalue weighted by molar-refractivity contribution is 5.26. The number of ether oxygens (including phenoxy) is 1. The molecule has 0 saturated carbocycles. The molecule has 0 amide bonds. The fourth-order valence-corrected chi connectivity index (χ4v) is 3.03. The van der Waals surface area contributed by atoms with Crippen LogP contribution < -0.4 is 5.73 Å². The molecule has 0 aliphatic carbocycles. The van der Waals surface area contributed by atoms with Gasteiger partial charge < -0.3 is 10.5 Å². The molecule has 2 rings (SSSR count). The van der Waals surface area contributed by atoms with Crippen molar-refractivity contribution < 1.29 is 13.5 Å². The van der Waals surface area contributed by atoms with E-state index in [1.165, 1.54) is 12.1 Å². The van der Waals surface area contributed by atoms with Crippen molar-refractivity contribution in [3.8, 4) is 0 Å². The third kappa shape index (κ3) is 4.22. The second kappa shape index (κ2) is 7.82. The van der Waals surface area contributed by atoms with Crippen LogP contribution in [0.5, 0.6) is 0 Å². The number of nitrogens with zero attached hydrogens (tertiary/aromatic N) is 1. The maximum absolute atomic E-state index is 12.6. The summed E-state index contributed by atoms with van der Waals surface area (Å²) in [5.41, 5.74) is 7.00. The van der Waals surface area contributed by atoms with E-state index in [2.05, 4.69) is 4.90 Å². The van der Waals surface area contributed by atoms with Crippen LogP contribution in [0.15, 0.2) is 24.3 Å². The van der Waals surface area contributed by atoms with Crippen molar-refractivity contribution in [3.63, 3.8) is 0 Å². The molecule has 3 nitrogen and oxygen atoms in total. The van der Waals surface area contributed by atoms with Crippen molar-refractivity contribution in [3.05, 3.63) is 35.4 Å². The van der Waals surface area contributed by atoms with E-state index in [-0.39, 0.29) is 11.6 Å². The first kappa shape index (κ1) is 16.3. The lowest BCUT2D eigenvalue weighted by molar-refractivity contribution is 0.0810. The molecule has 1 aromatic rings. The molecule has 118 valence electrons. The van der Waals surface area contributed by atoms with Gasteiger partial charge in [-0.25, -0.2) is 8.78 Å². The zero-order chi connectivity index (χ0) is 15.2. The summed E-state index contributed by atoms with van der Waals surface area (Å²) in [6.45, 7) is 3.27. The summed E-state index contributed by atoms with van der Waals surface area (Å²) in [4.78, 5) is 2.35. The van der Waals surface area contributed by atoms with Gasteiger partial charge in [0.2, 0.25) is 0 Å². The summed E-state index contributed by atoms with van der Waals surface area (Å²) in [7, 11) is 1.74. The smallest absolute Gasteiger partial charge is 0.263 e. The minimum atomic E-state index is -2.42. The van der Waals surface area contributed by atoms with Crippen molar-refractivity contribution in [2.45, 2.75) is 25.3 Å². The summed E-state index contributed by atoms with van der Waals surface area (Å²) in [6, 6.07) is 6.67. The third-order valence-corrected chi connectivity index (χ3v) is 4.29. The maximum atomic E-state index is 12.6. The Morgan fingerprint density at radius 1 is 1.19 bits per heavy atom. The molecule has 1 aliphatic heterocycles. The molecule has 1 atom stereocenters. The average molecular weight is 298 g/mol. The van der Waals surface area contributed by atoms with Crippen LogP contribution in [-0.4, -0.2) is 38.3 Å². The minimum Gasteiger partial charge on any atom is -0.384 e. The van der Waals surface area contributed by atoms with Crippen molar-refractivity contribution in [1.29, 1.82) is 0 Å². The number of piperidine rings is 1. The summed E-state index contributed by atoms with van der Waals surface area (Å²) in [5.74, 6) is 0.617. The van der Waals surface area contributed by atoms with Crippen LogP contribution in [0, 0.1) is 5.92 Å². The van der Waals surface area contributed by atoms with Gasteiger partial charge in [0.05, 0.1) is 0 Å². The molecule has 0 radical (unpaired) electrons. The molecule has 0 bridgehead atoms. The Morgan fingerprint density at radius 3 is 2.24 bits per heavy atom. The molecule has 2 N–H and O–H groups in total. The molecule has 1 saturated heterocycles. The van der Waals surface area contributed by atoms with Crippen LogP contribution >= 0.6 is 0 Å². The lowest BCUT2D eigenvalue weighted by Gasteiger charge is -2.37. The number of nitrogens with two attached hydrogens (primary N) is 1. The molecular weight excluding hydrogens is 274 g/mol. The first-order valence-corrected chi connectivity index (χ1v) is 7.46. The Kier molecular flexibility index (Phi) is 6.08. The molecule has 1 unspecified atom stereocenters. The van der Waals surface area contributed by atoms with Gasteiger partial charge in [0.1, 0.15) is 0 Å². The Hall–Kier alpha value is -1.04. The SMILES string of the molecule is COCC1CCN(C(CN)c2ccc(C(F)F)cc2)CC1. The van der Waals surface area contributed by atoms with Crippen LogP contribution in [-0.2, 0) is 4.74 Å². The number of hydrogen-bond donors (Lipinski definition) is 1. The summed E-state index contributed by atoms with van der Waals surface area (Å²) < 4.78 is 30.4. The van der Waals surface area contributed by atoms with E-state index in [4.69, 9.17) is 10.5 Å². The first-order valence-electron chi connectivity index (χ1n) is 7.46. The van der Waals surface area contributed by atoms with Crippen molar-refractivity contribution in [2.75, 3.05) is 33.4 Å². The maximum Gasteiger partial charge on any atom is 0.263 e. The van der Waals surface area contributed by atoms with E-state index < -0.39 is 6.43 Å². The Morgan fingerprint density at radius 2 is 1.76 bits per heavy atom. The first-order chi connectivity index (χ1) is 10.2. The van der Waals surface area contributed by atoms with Crippen LogP contribution in [0.2, 0.25) is 0 Å². The van der Waals surface area contributed by atoms with E-state index in [1.807, 2.05) is 0 Å². The molecule has 0 spiro atoms. The number of rotatable bonds is 6. The van der Waals surface area contributed by atoms with Gasteiger partial charge in [0.15, 0.2) is 0 Å². The average Bonchev–Trinajstić information content (AvgIpc) is 2.50. The summed E-state index contributed by atoms with van der Waals surface area (Å²) >= 11 is 0. The standard InChI is InChI=1S/C16H24F2N2O/c1-21-11-12-6-8-20(9-7-12)15(10-19)13-2-4-14(5-3-13)16(17)18/h2-5,12,15-16H,6-11,19H2,1H3. The van der Waals surface area contributed by atoms with E-state index in [0.29, 0.717) is 12.5 Å². The highest BCUT2D eigenvalue weighted by Crippen LogP contribution is 2.28. The topological polar surface area (TPSA) is 38.5 Å². The van der Waals surface area contributed by atoms with Gasteiger partial charge in [0.25, 0.3) is 6.43 Å². The van der Waals surface area contributed by atoms with E-state index in [9.17, 15) is 8.78 Å². The fourth-order valence-electron chi connectivity index (χ4n) is 3.03. The van der Waals surface area contributed by atoms with E-state index in [0.717, 1.165) is 38.1 Å². The summed E-state index contributed by atoms with van der Waals surface area (Å²) in [5, 5.41) is 0. The Bertz CT molecular complexity index is 417. The molecule has 1 heterocycles. The number of halogens is 2. The second-order valence-electron chi connectivity index (χ2n) is 5.65. The van der Waals surface area contributed by atoms with E-state index in [1.54, 1.807) is 19.2 Å². The zero-order valence-corrected chi connectivity index (χ0v) is 12.5. The highest BCUT2D eigenvalue weighted by Gasteiger charge is 2.25. The van der Waals surface area contributed by atoms with Gasteiger partial charge in [0, 0.05) is 31.9 Å². The number of alkyl halides is 2. The van der Waals surface area contributed by atoms with Gasteiger partial charge in [-0.15, -0.1) is 0 Å². The van der Waals surface area contributed by atoms with Crippen LogP contribution in [0.3, 0.4) is 0 Å². The normalized spacial score (nSPS) is 19.1. The lowest BCUT2D eigenvalue weighted by atomic mass is 9.94. The second-order valence-corrected chi connectivity index (χ2v) is 5.65. The van der Waals surface area contributed by atoms with Crippen LogP contribution in [0.25, 0.3) is 0 Å². The van der Waals surface area contributed by atoms with Crippen molar-refractivity contribution in [2.24, 2.45) is 11.7 Å². The quantitative estimate of drug-likeness (QED) is 0.877. The molecule has 1 aromatic carbocycles. The fraction of sp³-hybridized carbons (Fsp3) is 0.625. The molecule has 1 fully saturated rings. The van der Waals surface area contributed by atoms with Crippen LogP contribution in [0.1, 0.15) is 36.4 Å². The third-order valence-electron chi connectivity index (χ3n) is 4.29. The van der Waals surface area contributed by atoms with Gasteiger partial charge in [-0.05, 0) is 37.4 Å².